The number of imidazole rings is 1. The van der Waals surface area contributed by atoms with Gasteiger partial charge in [-0.2, -0.15) is 0 Å². The Kier molecular flexibility index (Phi) is 4.17. The third-order valence-electron chi connectivity index (χ3n) is 4.04. The van der Waals surface area contributed by atoms with E-state index in [1.165, 1.54) is 37.7 Å². The number of ether oxygens (including phenoxy) is 2. The van der Waals surface area contributed by atoms with Crippen LogP contribution in [0.5, 0.6) is 11.5 Å². The van der Waals surface area contributed by atoms with E-state index in [-0.39, 0.29) is 17.2 Å². The maximum Gasteiger partial charge on any atom is 0.314 e. The van der Waals surface area contributed by atoms with Gasteiger partial charge in [0.25, 0.3) is 0 Å². The van der Waals surface area contributed by atoms with Crippen LogP contribution in [0.15, 0.2) is 12.1 Å². The lowest BCUT2D eigenvalue weighted by atomic mass is 10.1. The molecule has 130 valence electrons. The number of methoxy groups -OCH3 is 2. The summed E-state index contributed by atoms with van der Waals surface area (Å²) >= 11 is 1.47. The van der Waals surface area contributed by atoms with E-state index in [1.54, 1.807) is 4.40 Å². The van der Waals surface area contributed by atoms with Gasteiger partial charge >= 0.3 is 5.69 Å². The van der Waals surface area contributed by atoms with E-state index in [0.29, 0.717) is 21.9 Å². The van der Waals surface area contributed by atoms with E-state index in [0.717, 1.165) is 16.9 Å². The number of fused-ring (bicyclic) bond motifs is 1. The highest BCUT2D eigenvalue weighted by Gasteiger charge is 2.25. The molecular formula is C16H15N3O5S. The number of benzene rings is 1. The van der Waals surface area contributed by atoms with Crippen LogP contribution in [-0.4, -0.2) is 34.8 Å². The second-order valence-corrected chi connectivity index (χ2v) is 6.49. The highest BCUT2D eigenvalue weighted by atomic mass is 32.1. The molecule has 3 rings (SSSR count). The van der Waals surface area contributed by atoms with E-state index >= 15 is 0 Å². The predicted molar refractivity (Wildman–Crippen MR) is 93.1 cm³/mol. The lowest BCUT2D eigenvalue weighted by Gasteiger charge is -2.10. The second kappa shape index (κ2) is 6.17. The number of carbonyl (C=O) groups excluding carboxylic acids is 1. The number of aryl methyl sites for hydroxylation is 2. The molecule has 0 fully saturated rings. The van der Waals surface area contributed by atoms with Crippen LogP contribution in [0.25, 0.3) is 16.2 Å². The molecule has 0 radical (unpaired) electrons. The van der Waals surface area contributed by atoms with Crippen molar-refractivity contribution >= 4 is 28.3 Å². The first-order chi connectivity index (χ1) is 11.9. The molecule has 0 amide bonds. The minimum atomic E-state index is -0.551. The fraction of sp³-hybridized carbons (Fsp3) is 0.250. The fourth-order valence-corrected chi connectivity index (χ4v) is 3.67. The third-order valence-corrected chi connectivity index (χ3v) is 5.09. The first-order valence-electron chi connectivity index (χ1n) is 7.27. The van der Waals surface area contributed by atoms with Crippen LogP contribution in [0, 0.1) is 24.0 Å². The van der Waals surface area contributed by atoms with Crippen molar-refractivity contribution in [2.45, 2.75) is 13.8 Å². The molecule has 0 saturated heterocycles. The zero-order chi connectivity index (χ0) is 18.3. The van der Waals surface area contributed by atoms with Gasteiger partial charge in [-0.05, 0) is 13.8 Å². The number of nitro groups is 1. The normalized spacial score (nSPS) is 10.9. The molecule has 2 aromatic heterocycles. The Morgan fingerprint density at radius 1 is 1.24 bits per heavy atom. The van der Waals surface area contributed by atoms with Crippen molar-refractivity contribution in [2.75, 3.05) is 14.2 Å². The van der Waals surface area contributed by atoms with Crippen molar-refractivity contribution in [1.82, 2.24) is 9.38 Å². The van der Waals surface area contributed by atoms with Crippen molar-refractivity contribution in [2.24, 2.45) is 0 Å². The summed E-state index contributed by atoms with van der Waals surface area (Å²) in [5.41, 5.74) is 1.93. The second-order valence-electron chi connectivity index (χ2n) is 5.31. The third kappa shape index (κ3) is 2.52. The van der Waals surface area contributed by atoms with Crippen molar-refractivity contribution in [3.8, 4) is 22.8 Å². The van der Waals surface area contributed by atoms with E-state index in [1.807, 2.05) is 13.8 Å². The van der Waals surface area contributed by atoms with Crippen molar-refractivity contribution in [3.05, 3.63) is 38.5 Å². The largest absolute Gasteiger partial charge is 0.496 e. The summed E-state index contributed by atoms with van der Waals surface area (Å²) in [6.45, 7) is 3.86. The van der Waals surface area contributed by atoms with Crippen molar-refractivity contribution in [1.29, 1.82) is 0 Å². The van der Waals surface area contributed by atoms with Gasteiger partial charge in [0.15, 0.2) is 17.0 Å². The zero-order valence-corrected chi connectivity index (χ0v) is 14.8. The Bertz CT molecular complexity index is 1010. The average Bonchev–Trinajstić information content (AvgIpc) is 3.09. The molecule has 0 atom stereocenters. The SMILES string of the molecule is COc1cc([N+](=O)[O-])c(OC)cc1-c1nc2sc(C)c(C)n2c1C=O. The minimum Gasteiger partial charge on any atom is -0.496 e. The quantitative estimate of drug-likeness (QED) is 0.392. The molecule has 0 saturated carbocycles. The highest BCUT2D eigenvalue weighted by Crippen LogP contribution is 2.41. The Morgan fingerprint density at radius 2 is 1.92 bits per heavy atom. The van der Waals surface area contributed by atoms with Gasteiger partial charge in [0, 0.05) is 22.2 Å². The number of hydrogen-bond donors (Lipinski definition) is 0. The topological polar surface area (TPSA) is 96.0 Å². The Hall–Kier alpha value is -2.94. The first kappa shape index (κ1) is 16.9. The molecule has 3 aromatic rings. The average molecular weight is 361 g/mol. The standard InChI is InChI=1S/C16H15N3O5S/c1-8-9(2)25-16-17-15(12(7-20)18(8)16)10-5-14(24-4)11(19(21)22)6-13(10)23-3/h5-7H,1-4H3. The molecule has 0 bridgehead atoms. The summed E-state index contributed by atoms with van der Waals surface area (Å²) in [7, 11) is 2.75. The molecule has 0 spiro atoms. The Balaban J connectivity index is 2.34. The maximum atomic E-state index is 11.7. The molecule has 0 aliphatic rings. The number of hydrogen-bond acceptors (Lipinski definition) is 7. The highest BCUT2D eigenvalue weighted by molar-refractivity contribution is 7.17. The molecule has 8 nitrogen and oxygen atoms in total. The van der Waals surface area contributed by atoms with Crippen molar-refractivity contribution < 1.29 is 19.2 Å². The molecule has 9 heteroatoms. The van der Waals surface area contributed by atoms with E-state index in [9.17, 15) is 14.9 Å². The summed E-state index contributed by atoms with van der Waals surface area (Å²) < 4.78 is 12.2. The lowest BCUT2D eigenvalue weighted by Crippen LogP contribution is -1.99. The molecule has 0 unspecified atom stereocenters. The molecule has 1 aromatic carbocycles. The van der Waals surface area contributed by atoms with Crippen LogP contribution in [-0.2, 0) is 0 Å². The van der Waals surface area contributed by atoms with Crippen LogP contribution >= 0.6 is 11.3 Å². The summed E-state index contributed by atoms with van der Waals surface area (Å²) in [5, 5.41) is 11.2. The number of nitro benzene ring substituents is 1. The minimum absolute atomic E-state index is 0.0712. The smallest absolute Gasteiger partial charge is 0.314 e. The van der Waals surface area contributed by atoms with Gasteiger partial charge in [-0.15, -0.1) is 11.3 Å². The first-order valence-corrected chi connectivity index (χ1v) is 8.09. The van der Waals surface area contributed by atoms with Gasteiger partial charge < -0.3 is 9.47 Å². The monoisotopic (exact) mass is 361 g/mol. The van der Waals surface area contributed by atoms with Gasteiger partial charge in [0.1, 0.15) is 17.1 Å². The molecule has 2 heterocycles. The maximum absolute atomic E-state index is 11.7. The number of carbonyl (C=O) groups is 1. The number of thiazole rings is 1. The van der Waals surface area contributed by atoms with Gasteiger partial charge in [0.2, 0.25) is 0 Å². The van der Waals surface area contributed by atoms with Crippen LogP contribution in [0.2, 0.25) is 0 Å². The molecular weight excluding hydrogens is 346 g/mol. The van der Waals surface area contributed by atoms with Gasteiger partial charge in [-0.3, -0.25) is 19.3 Å². The van der Waals surface area contributed by atoms with E-state index in [2.05, 4.69) is 4.98 Å². The summed E-state index contributed by atoms with van der Waals surface area (Å²) in [6, 6.07) is 2.74. The number of aromatic nitrogens is 2. The van der Waals surface area contributed by atoms with Crippen molar-refractivity contribution in [3.63, 3.8) is 0 Å². The van der Waals surface area contributed by atoms with Crippen LogP contribution in [0.4, 0.5) is 5.69 Å². The predicted octanol–water partition coefficient (Wildman–Crippen LogP) is 3.42. The lowest BCUT2D eigenvalue weighted by molar-refractivity contribution is -0.385. The van der Waals surface area contributed by atoms with Crippen LogP contribution < -0.4 is 9.47 Å². The summed E-state index contributed by atoms with van der Waals surface area (Å²) in [5.74, 6) is 0.317. The Morgan fingerprint density at radius 3 is 2.48 bits per heavy atom. The number of nitrogens with zero attached hydrogens (tertiary/aromatic N) is 3. The van der Waals surface area contributed by atoms with Gasteiger partial charge in [-0.25, -0.2) is 4.98 Å². The summed E-state index contributed by atoms with van der Waals surface area (Å²) in [6.07, 6.45) is 0.724. The van der Waals surface area contributed by atoms with Gasteiger partial charge in [0.05, 0.1) is 25.2 Å². The fourth-order valence-electron chi connectivity index (χ4n) is 2.69. The molecule has 25 heavy (non-hydrogen) atoms. The molecule has 0 aliphatic carbocycles. The molecule has 0 N–H and O–H groups in total. The van der Waals surface area contributed by atoms with E-state index in [4.69, 9.17) is 9.47 Å². The Labute approximate surface area is 146 Å². The number of aldehydes is 1. The van der Waals surface area contributed by atoms with Gasteiger partial charge in [-0.1, -0.05) is 0 Å². The zero-order valence-electron chi connectivity index (χ0n) is 14.0. The van der Waals surface area contributed by atoms with Crippen LogP contribution in [0.1, 0.15) is 21.1 Å². The van der Waals surface area contributed by atoms with Crippen LogP contribution in [0.3, 0.4) is 0 Å². The van der Waals surface area contributed by atoms with E-state index < -0.39 is 4.92 Å². The molecule has 0 aliphatic heterocycles. The number of rotatable bonds is 5. The summed E-state index contributed by atoms with van der Waals surface area (Å²) in [4.78, 5) is 28.6.